The van der Waals surface area contributed by atoms with Crippen molar-refractivity contribution in [2.24, 2.45) is 0 Å². The van der Waals surface area contributed by atoms with Crippen LogP contribution >= 0.6 is 27.5 Å². The minimum atomic E-state index is -2.62. The van der Waals surface area contributed by atoms with Crippen molar-refractivity contribution in [2.75, 3.05) is 0 Å². The molecule has 2 nitrogen and oxygen atoms in total. The van der Waals surface area contributed by atoms with Gasteiger partial charge in [-0.05, 0) is 35.7 Å². The molecule has 6 heteroatoms. The second-order valence-electron chi connectivity index (χ2n) is 6.47. The van der Waals surface area contributed by atoms with Gasteiger partial charge in [0.25, 0.3) is 6.43 Å². The minimum Gasteiger partial charge on any atom is -0.247 e. The first-order valence-corrected chi connectivity index (χ1v) is 9.77. The third-order valence-electron chi connectivity index (χ3n) is 4.41. The summed E-state index contributed by atoms with van der Waals surface area (Å²) in [6.07, 6.45) is 7.19. The lowest BCUT2D eigenvalue weighted by Gasteiger charge is -2.31. The van der Waals surface area contributed by atoms with Gasteiger partial charge >= 0.3 is 0 Å². The van der Waals surface area contributed by atoms with Crippen molar-refractivity contribution in [3.8, 4) is 0 Å². The first-order valence-electron chi connectivity index (χ1n) is 8.60. The normalized spacial score (nSPS) is 14.4. The number of hydrogen-bond donors (Lipinski definition) is 0. The summed E-state index contributed by atoms with van der Waals surface area (Å²) >= 11 is 9.47. The predicted octanol–water partition coefficient (Wildman–Crippen LogP) is 7.50. The van der Waals surface area contributed by atoms with E-state index in [0.29, 0.717) is 0 Å². The van der Waals surface area contributed by atoms with Crippen LogP contribution in [0.5, 0.6) is 0 Å². The molecule has 0 amide bonds. The van der Waals surface area contributed by atoms with E-state index in [1.165, 1.54) is 19.3 Å². The van der Waals surface area contributed by atoms with Gasteiger partial charge in [0.2, 0.25) is 0 Å². The lowest BCUT2D eigenvalue weighted by molar-refractivity contribution is 0.140. The van der Waals surface area contributed by atoms with Gasteiger partial charge in [-0.2, -0.15) is 5.10 Å². The van der Waals surface area contributed by atoms with E-state index < -0.39 is 6.43 Å². The van der Waals surface area contributed by atoms with Crippen molar-refractivity contribution in [1.29, 1.82) is 0 Å². The molecule has 0 aliphatic carbocycles. The summed E-state index contributed by atoms with van der Waals surface area (Å²) in [7, 11) is 0. The number of halogens is 4. The Hall–Kier alpha value is -0.160. The van der Waals surface area contributed by atoms with Crippen molar-refractivity contribution in [3.05, 3.63) is 15.3 Å². The number of aromatic nitrogens is 2. The fourth-order valence-electron chi connectivity index (χ4n) is 2.90. The Morgan fingerprint density at radius 3 is 2.17 bits per heavy atom. The SMILES string of the molecule is CCCCCCCC(C)(CCCC)n1nc(C(F)F)c(Br)c1Cl. The zero-order chi connectivity index (χ0) is 17.5. The molecule has 1 rings (SSSR count). The maximum atomic E-state index is 13.1. The molecule has 0 aromatic carbocycles. The molecule has 134 valence electrons. The van der Waals surface area contributed by atoms with E-state index >= 15 is 0 Å². The average Bonchev–Trinajstić information content (AvgIpc) is 2.82. The third-order valence-corrected chi connectivity index (χ3v) is 5.76. The van der Waals surface area contributed by atoms with Crippen LogP contribution in [0.15, 0.2) is 4.47 Å². The molecule has 0 N–H and O–H groups in total. The molecule has 0 saturated heterocycles. The van der Waals surface area contributed by atoms with E-state index in [-0.39, 0.29) is 20.9 Å². The predicted molar refractivity (Wildman–Crippen MR) is 96.4 cm³/mol. The number of hydrogen-bond acceptors (Lipinski definition) is 1. The van der Waals surface area contributed by atoms with Crippen molar-refractivity contribution >= 4 is 27.5 Å². The molecule has 0 saturated carbocycles. The van der Waals surface area contributed by atoms with Crippen molar-refractivity contribution in [1.82, 2.24) is 9.78 Å². The zero-order valence-electron chi connectivity index (χ0n) is 14.3. The van der Waals surface area contributed by atoms with Crippen LogP contribution in [0.25, 0.3) is 0 Å². The highest BCUT2D eigenvalue weighted by Gasteiger charge is 2.32. The summed E-state index contributed by atoms with van der Waals surface area (Å²) in [6, 6.07) is 0. The summed E-state index contributed by atoms with van der Waals surface area (Å²) < 4.78 is 28.0. The molecular formula is C17H28BrClF2N2. The second-order valence-corrected chi connectivity index (χ2v) is 7.62. The van der Waals surface area contributed by atoms with Crippen LogP contribution in [0, 0.1) is 0 Å². The monoisotopic (exact) mass is 412 g/mol. The molecular weight excluding hydrogens is 386 g/mol. The Morgan fingerprint density at radius 1 is 1.09 bits per heavy atom. The Morgan fingerprint density at radius 2 is 1.65 bits per heavy atom. The lowest BCUT2D eigenvalue weighted by Crippen LogP contribution is -2.31. The van der Waals surface area contributed by atoms with Gasteiger partial charge in [0, 0.05) is 0 Å². The summed E-state index contributed by atoms with van der Waals surface area (Å²) in [6.45, 7) is 6.41. The van der Waals surface area contributed by atoms with Gasteiger partial charge in [-0.15, -0.1) is 0 Å². The van der Waals surface area contributed by atoms with E-state index in [4.69, 9.17) is 11.6 Å². The molecule has 0 aliphatic heterocycles. The minimum absolute atomic E-state index is 0.225. The van der Waals surface area contributed by atoms with Crippen molar-refractivity contribution in [3.63, 3.8) is 0 Å². The number of rotatable bonds is 11. The summed E-state index contributed by atoms with van der Waals surface area (Å²) in [5.74, 6) is 0. The van der Waals surface area contributed by atoms with Gasteiger partial charge in [-0.1, -0.05) is 70.4 Å². The molecule has 1 atom stereocenters. The Bertz CT molecular complexity index is 479. The Balaban J connectivity index is 2.93. The molecule has 0 aliphatic rings. The molecule has 0 fully saturated rings. The van der Waals surface area contributed by atoms with Gasteiger partial charge in [0.1, 0.15) is 10.8 Å². The van der Waals surface area contributed by atoms with Gasteiger partial charge < -0.3 is 0 Å². The summed E-state index contributed by atoms with van der Waals surface area (Å²) in [5.41, 5.74) is -0.571. The van der Waals surface area contributed by atoms with Gasteiger partial charge in [-0.3, -0.25) is 0 Å². The standard InChI is InChI=1S/C17H28BrClF2N2/c1-4-6-8-9-10-12-17(3,11-7-5-2)23-15(19)13(18)14(22-23)16(20)21/h16H,4-12H2,1-3H3. The molecule has 23 heavy (non-hydrogen) atoms. The van der Waals surface area contributed by atoms with Crippen molar-refractivity contribution in [2.45, 2.75) is 90.5 Å². The van der Waals surface area contributed by atoms with E-state index in [9.17, 15) is 8.78 Å². The quantitative estimate of drug-likeness (QED) is 0.343. The van der Waals surface area contributed by atoms with Gasteiger partial charge in [0.15, 0.2) is 0 Å². The van der Waals surface area contributed by atoms with Gasteiger partial charge in [-0.25, -0.2) is 13.5 Å². The largest absolute Gasteiger partial charge is 0.283 e. The molecule has 1 aromatic rings. The van der Waals surface area contributed by atoms with Crippen LogP contribution in [0.4, 0.5) is 8.78 Å². The Labute approximate surface area is 152 Å². The fourth-order valence-corrected chi connectivity index (χ4v) is 3.65. The highest BCUT2D eigenvalue weighted by Crippen LogP contribution is 2.39. The highest BCUT2D eigenvalue weighted by molar-refractivity contribution is 9.10. The fraction of sp³-hybridized carbons (Fsp3) is 0.824. The highest BCUT2D eigenvalue weighted by atomic mass is 79.9. The molecule has 1 heterocycles. The zero-order valence-corrected chi connectivity index (χ0v) is 16.7. The van der Waals surface area contributed by atoms with E-state index in [1.807, 2.05) is 0 Å². The van der Waals surface area contributed by atoms with Crippen LogP contribution in [0.2, 0.25) is 5.15 Å². The van der Waals surface area contributed by atoms with Crippen LogP contribution in [0.1, 0.15) is 90.7 Å². The van der Waals surface area contributed by atoms with E-state index in [2.05, 4.69) is 41.8 Å². The third kappa shape index (κ3) is 5.70. The van der Waals surface area contributed by atoms with Gasteiger partial charge in [0.05, 0.1) is 10.0 Å². The maximum absolute atomic E-state index is 13.1. The average molecular weight is 414 g/mol. The summed E-state index contributed by atoms with van der Waals surface area (Å²) in [5, 5.41) is 4.42. The summed E-state index contributed by atoms with van der Waals surface area (Å²) in [4.78, 5) is 0. The van der Waals surface area contributed by atoms with E-state index in [1.54, 1.807) is 4.68 Å². The molecule has 0 spiro atoms. The molecule has 1 unspecified atom stereocenters. The first-order chi connectivity index (χ1) is 10.9. The van der Waals surface area contributed by atoms with Crippen LogP contribution in [0.3, 0.4) is 0 Å². The molecule has 1 aromatic heterocycles. The smallest absolute Gasteiger partial charge is 0.247 e. The van der Waals surface area contributed by atoms with Crippen LogP contribution in [-0.4, -0.2) is 9.78 Å². The molecule has 0 bridgehead atoms. The number of nitrogens with zero attached hydrogens (tertiary/aromatic N) is 2. The molecule has 0 radical (unpaired) electrons. The maximum Gasteiger partial charge on any atom is 0.283 e. The Kier molecular flexibility index (Phi) is 9.06. The van der Waals surface area contributed by atoms with Crippen LogP contribution in [-0.2, 0) is 5.54 Å². The lowest BCUT2D eigenvalue weighted by atomic mass is 9.88. The number of unbranched alkanes of at least 4 members (excludes halogenated alkanes) is 5. The van der Waals surface area contributed by atoms with E-state index in [0.717, 1.165) is 38.5 Å². The van der Waals surface area contributed by atoms with Crippen molar-refractivity contribution < 1.29 is 8.78 Å². The first kappa shape index (κ1) is 20.9. The topological polar surface area (TPSA) is 17.8 Å². The number of alkyl halides is 2. The second kappa shape index (κ2) is 9.97. The van der Waals surface area contributed by atoms with Crippen LogP contribution < -0.4 is 0 Å².